The predicted molar refractivity (Wildman–Crippen MR) is 127 cm³/mol. The van der Waals surface area contributed by atoms with Crippen molar-refractivity contribution >= 4 is 33.9 Å². The van der Waals surface area contributed by atoms with E-state index in [0.29, 0.717) is 46.5 Å². The van der Waals surface area contributed by atoms with Crippen LogP contribution in [0.2, 0.25) is 0 Å². The third-order valence-corrected chi connectivity index (χ3v) is 5.37. The summed E-state index contributed by atoms with van der Waals surface area (Å²) < 4.78 is 14.8. The Bertz CT molecular complexity index is 1590. The lowest BCUT2D eigenvalue weighted by molar-refractivity contribution is 0.252. The summed E-state index contributed by atoms with van der Waals surface area (Å²) in [6.45, 7) is 2.29. The molecule has 0 saturated heterocycles. The summed E-state index contributed by atoms with van der Waals surface area (Å²) in [5.41, 5.74) is 2.92. The molecule has 2 aromatic carbocycles. The first kappa shape index (κ1) is 21.3. The molecule has 3 heterocycles. The molecular formula is C24H20FN7O2. The zero-order valence-corrected chi connectivity index (χ0v) is 18.1. The summed E-state index contributed by atoms with van der Waals surface area (Å²) in [5.74, 6) is -0.179. The van der Waals surface area contributed by atoms with Gasteiger partial charge in [0.25, 0.3) is 5.56 Å². The highest BCUT2D eigenvalue weighted by Crippen LogP contribution is 2.26. The average Bonchev–Trinajstić information content (AvgIpc) is 3.23. The van der Waals surface area contributed by atoms with E-state index in [2.05, 4.69) is 35.8 Å². The topological polar surface area (TPSA) is 128 Å². The molecule has 10 heteroatoms. The van der Waals surface area contributed by atoms with E-state index in [9.17, 15) is 14.0 Å². The summed E-state index contributed by atoms with van der Waals surface area (Å²) in [6, 6.07) is 15.0. The maximum Gasteiger partial charge on any atom is 0.321 e. The van der Waals surface area contributed by atoms with E-state index in [1.54, 1.807) is 36.4 Å². The van der Waals surface area contributed by atoms with Crippen LogP contribution in [-0.4, -0.2) is 37.7 Å². The number of nitrogens with one attached hydrogen (secondary N) is 4. The Hall–Kier alpha value is -4.60. The van der Waals surface area contributed by atoms with Gasteiger partial charge >= 0.3 is 6.03 Å². The molecule has 0 atom stereocenters. The molecule has 3 aromatic heterocycles. The summed E-state index contributed by atoms with van der Waals surface area (Å²) >= 11 is 0. The van der Waals surface area contributed by atoms with E-state index >= 15 is 0 Å². The molecule has 4 N–H and O–H groups in total. The fourth-order valence-electron chi connectivity index (χ4n) is 3.79. The largest absolute Gasteiger partial charge is 0.338 e. The number of aromatic amines is 2. The summed E-state index contributed by atoms with van der Waals surface area (Å²) in [4.78, 5) is 35.5. The number of rotatable bonds is 5. The maximum absolute atomic E-state index is 14.8. The van der Waals surface area contributed by atoms with E-state index in [-0.39, 0.29) is 17.5 Å². The van der Waals surface area contributed by atoms with Crippen molar-refractivity contribution in [3.8, 4) is 11.3 Å². The third-order valence-electron chi connectivity index (χ3n) is 5.37. The van der Waals surface area contributed by atoms with Gasteiger partial charge in [0.05, 0.1) is 22.3 Å². The highest BCUT2D eigenvalue weighted by molar-refractivity contribution is 5.89. The van der Waals surface area contributed by atoms with Gasteiger partial charge in [0, 0.05) is 23.9 Å². The number of aromatic nitrogens is 5. The predicted octanol–water partition coefficient (Wildman–Crippen LogP) is 3.73. The van der Waals surface area contributed by atoms with Crippen molar-refractivity contribution in [3.63, 3.8) is 0 Å². The molecule has 0 bridgehead atoms. The second kappa shape index (κ2) is 8.74. The van der Waals surface area contributed by atoms with Crippen LogP contribution < -0.4 is 16.2 Å². The number of benzene rings is 2. The quantitative estimate of drug-likeness (QED) is 0.320. The van der Waals surface area contributed by atoms with Crippen LogP contribution in [0.3, 0.4) is 0 Å². The minimum absolute atomic E-state index is 0.246. The van der Waals surface area contributed by atoms with Gasteiger partial charge in [0.15, 0.2) is 5.65 Å². The lowest BCUT2D eigenvalue weighted by Crippen LogP contribution is -2.28. The molecule has 0 radical (unpaired) electrons. The fraction of sp³-hybridized carbons (Fsp3) is 0.125. The van der Waals surface area contributed by atoms with Crippen LogP contribution in [0.5, 0.6) is 0 Å². The summed E-state index contributed by atoms with van der Waals surface area (Å²) in [5, 5.41) is 13.2. The van der Waals surface area contributed by atoms with E-state index in [1.165, 1.54) is 6.07 Å². The average molecular weight is 457 g/mol. The highest BCUT2D eigenvalue weighted by Gasteiger charge is 2.13. The van der Waals surface area contributed by atoms with Crippen LogP contribution in [0.4, 0.5) is 15.1 Å². The molecule has 5 aromatic rings. The van der Waals surface area contributed by atoms with Gasteiger partial charge in [-0.05, 0) is 42.8 Å². The Morgan fingerprint density at radius 1 is 1.06 bits per heavy atom. The number of carbonyl (C=O) groups is 1. The highest BCUT2D eigenvalue weighted by atomic mass is 19.1. The van der Waals surface area contributed by atoms with E-state index in [1.807, 2.05) is 19.1 Å². The van der Waals surface area contributed by atoms with E-state index in [0.717, 1.165) is 10.9 Å². The molecule has 2 amide bonds. The second-order valence-electron chi connectivity index (χ2n) is 7.67. The number of carbonyl (C=O) groups excluding carboxylic acids is 1. The number of hydrogen-bond donors (Lipinski definition) is 4. The molecule has 170 valence electrons. The molecule has 5 rings (SSSR count). The third kappa shape index (κ3) is 4.08. The van der Waals surface area contributed by atoms with E-state index in [4.69, 9.17) is 0 Å². The van der Waals surface area contributed by atoms with Crippen molar-refractivity contribution in [2.75, 3.05) is 11.9 Å². The number of fused-ring (bicyclic) bond motifs is 2. The minimum Gasteiger partial charge on any atom is -0.338 e. The number of halogens is 1. The van der Waals surface area contributed by atoms with Gasteiger partial charge < -0.3 is 10.3 Å². The van der Waals surface area contributed by atoms with Gasteiger partial charge in [-0.3, -0.25) is 10.1 Å². The van der Waals surface area contributed by atoms with Crippen molar-refractivity contribution in [3.05, 3.63) is 82.0 Å². The van der Waals surface area contributed by atoms with Crippen LogP contribution in [0.25, 0.3) is 33.2 Å². The lowest BCUT2D eigenvalue weighted by atomic mass is 10.0. The number of urea groups is 1. The normalized spacial score (nSPS) is 11.1. The van der Waals surface area contributed by atoms with Gasteiger partial charge in [0.1, 0.15) is 5.82 Å². The Labute approximate surface area is 192 Å². The monoisotopic (exact) mass is 457 g/mol. The zero-order valence-electron chi connectivity index (χ0n) is 18.1. The zero-order chi connectivity index (χ0) is 23.7. The van der Waals surface area contributed by atoms with Crippen LogP contribution in [0.15, 0.2) is 59.4 Å². The minimum atomic E-state index is -0.425. The van der Waals surface area contributed by atoms with Gasteiger partial charge in [-0.2, -0.15) is 10.1 Å². The van der Waals surface area contributed by atoms with Crippen molar-refractivity contribution in [2.24, 2.45) is 0 Å². The summed E-state index contributed by atoms with van der Waals surface area (Å²) in [7, 11) is 0. The molecule has 0 fully saturated rings. The molecule has 0 aliphatic rings. The number of imidazole rings is 1. The van der Waals surface area contributed by atoms with Crippen molar-refractivity contribution < 1.29 is 9.18 Å². The van der Waals surface area contributed by atoms with Gasteiger partial charge in [-0.1, -0.05) is 24.3 Å². The first-order chi connectivity index (χ1) is 16.5. The SMILES string of the molecule is CCNC(=O)Nc1nc2nc(-c3cc(Cc4n[nH]c(=O)c5ccccc45)ccc3F)ccc2[nH]1. The number of hydrogen-bond acceptors (Lipinski definition) is 5. The van der Waals surface area contributed by atoms with Crippen molar-refractivity contribution in [2.45, 2.75) is 13.3 Å². The Balaban J connectivity index is 1.48. The molecule has 0 unspecified atom stereocenters. The number of anilines is 1. The molecule has 0 saturated carbocycles. The molecule has 0 aliphatic heterocycles. The van der Waals surface area contributed by atoms with Gasteiger partial charge in [0.2, 0.25) is 5.95 Å². The standard InChI is InChI=1S/C24H20FN7O2/c1-2-26-24(34)30-23-28-19-10-9-18(27-21(19)29-23)16-11-13(7-8-17(16)25)12-20-14-5-3-4-6-15(14)22(33)32-31-20/h3-11H,2,12H2,1H3,(H,32,33)(H3,26,27,28,29,30,34). The maximum atomic E-state index is 14.8. The number of nitrogens with zero attached hydrogens (tertiary/aromatic N) is 3. The molecular weight excluding hydrogens is 437 g/mol. The van der Waals surface area contributed by atoms with Crippen LogP contribution >= 0.6 is 0 Å². The molecule has 0 spiro atoms. The number of pyridine rings is 1. The van der Waals surface area contributed by atoms with Crippen LogP contribution in [0, 0.1) is 5.82 Å². The fourth-order valence-corrected chi connectivity index (χ4v) is 3.79. The van der Waals surface area contributed by atoms with Gasteiger partial charge in [-0.15, -0.1) is 0 Å². The first-order valence-electron chi connectivity index (χ1n) is 10.7. The van der Waals surface area contributed by atoms with Crippen molar-refractivity contribution in [1.82, 2.24) is 30.5 Å². The summed E-state index contributed by atoms with van der Waals surface area (Å²) in [6.07, 6.45) is 0.399. The Morgan fingerprint density at radius 3 is 2.71 bits per heavy atom. The lowest BCUT2D eigenvalue weighted by Gasteiger charge is -2.08. The van der Waals surface area contributed by atoms with Crippen LogP contribution in [0.1, 0.15) is 18.2 Å². The van der Waals surface area contributed by atoms with Gasteiger partial charge in [-0.25, -0.2) is 19.3 Å². The Kier molecular flexibility index (Phi) is 5.46. The second-order valence-corrected chi connectivity index (χ2v) is 7.67. The van der Waals surface area contributed by atoms with Crippen molar-refractivity contribution in [1.29, 1.82) is 0 Å². The molecule has 0 aliphatic carbocycles. The number of amides is 2. The first-order valence-corrected chi connectivity index (χ1v) is 10.7. The smallest absolute Gasteiger partial charge is 0.321 e. The van der Waals surface area contributed by atoms with Crippen LogP contribution in [-0.2, 0) is 6.42 Å². The Morgan fingerprint density at radius 2 is 1.88 bits per heavy atom. The molecule has 9 nitrogen and oxygen atoms in total. The number of H-pyrrole nitrogens is 2. The van der Waals surface area contributed by atoms with E-state index < -0.39 is 5.82 Å². The molecule has 34 heavy (non-hydrogen) atoms.